The number of hydrogen-bond acceptors (Lipinski definition) is 3. The standard InChI is InChI=1S/C15H15NO2/c16-12-4-3-5-13(8-12)17-9-11-10-18-15-7-2-1-6-14(11)15/h1-8,11H,9-10,16H2. The molecule has 1 aliphatic heterocycles. The first kappa shape index (κ1) is 11.0. The van der Waals surface area contributed by atoms with Crippen LogP contribution in [-0.2, 0) is 0 Å². The Bertz CT molecular complexity index is 554. The molecule has 0 aliphatic carbocycles. The molecule has 92 valence electrons. The molecule has 2 N–H and O–H groups in total. The van der Waals surface area contributed by atoms with Crippen molar-refractivity contribution in [3.05, 3.63) is 54.1 Å². The van der Waals surface area contributed by atoms with E-state index in [4.69, 9.17) is 15.2 Å². The number of rotatable bonds is 3. The van der Waals surface area contributed by atoms with Crippen molar-refractivity contribution in [2.75, 3.05) is 18.9 Å². The highest BCUT2D eigenvalue weighted by molar-refractivity contribution is 5.44. The summed E-state index contributed by atoms with van der Waals surface area (Å²) in [7, 11) is 0. The number of nitrogens with two attached hydrogens (primary N) is 1. The lowest BCUT2D eigenvalue weighted by Crippen LogP contribution is -2.11. The average molecular weight is 241 g/mol. The molecule has 2 aromatic rings. The van der Waals surface area contributed by atoms with E-state index in [0.717, 1.165) is 17.2 Å². The summed E-state index contributed by atoms with van der Waals surface area (Å²) in [5, 5.41) is 0. The quantitative estimate of drug-likeness (QED) is 0.840. The van der Waals surface area contributed by atoms with Crippen molar-refractivity contribution in [1.82, 2.24) is 0 Å². The highest BCUT2D eigenvalue weighted by Crippen LogP contribution is 2.33. The van der Waals surface area contributed by atoms with Crippen LogP contribution in [0.25, 0.3) is 0 Å². The van der Waals surface area contributed by atoms with E-state index in [9.17, 15) is 0 Å². The molecule has 3 nitrogen and oxygen atoms in total. The lowest BCUT2D eigenvalue weighted by molar-refractivity contribution is 0.248. The van der Waals surface area contributed by atoms with Crippen LogP contribution in [0, 0.1) is 0 Å². The first-order valence-electron chi connectivity index (χ1n) is 6.03. The zero-order chi connectivity index (χ0) is 12.4. The molecule has 0 bridgehead atoms. The smallest absolute Gasteiger partial charge is 0.123 e. The maximum Gasteiger partial charge on any atom is 0.123 e. The van der Waals surface area contributed by atoms with Gasteiger partial charge in [-0.25, -0.2) is 0 Å². The maximum absolute atomic E-state index is 5.77. The first-order valence-corrected chi connectivity index (χ1v) is 6.03. The van der Waals surface area contributed by atoms with Gasteiger partial charge in [0.25, 0.3) is 0 Å². The molecular formula is C15H15NO2. The molecule has 0 spiro atoms. The Balaban J connectivity index is 1.69. The topological polar surface area (TPSA) is 44.5 Å². The van der Waals surface area contributed by atoms with Gasteiger partial charge in [-0.1, -0.05) is 24.3 Å². The van der Waals surface area contributed by atoms with E-state index >= 15 is 0 Å². The second kappa shape index (κ2) is 4.61. The van der Waals surface area contributed by atoms with Crippen molar-refractivity contribution in [3.8, 4) is 11.5 Å². The number of ether oxygens (including phenoxy) is 2. The molecule has 1 heterocycles. The van der Waals surface area contributed by atoms with E-state index in [2.05, 4.69) is 6.07 Å². The molecule has 0 saturated heterocycles. The van der Waals surface area contributed by atoms with Gasteiger partial charge in [0, 0.05) is 17.3 Å². The zero-order valence-electron chi connectivity index (χ0n) is 10.0. The molecule has 0 radical (unpaired) electrons. The molecule has 1 aliphatic rings. The van der Waals surface area contributed by atoms with E-state index in [1.165, 1.54) is 5.56 Å². The summed E-state index contributed by atoms with van der Waals surface area (Å²) in [5.41, 5.74) is 7.66. The highest BCUT2D eigenvalue weighted by Gasteiger charge is 2.24. The monoisotopic (exact) mass is 241 g/mol. The number of hydrogen-bond donors (Lipinski definition) is 1. The van der Waals surface area contributed by atoms with Crippen molar-refractivity contribution in [1.29, 1.82) is 0 Å². The van der Waals surface area contributed by atoms with Crippen LogP contribution in [0.3, 0.4) is 0 Å². The predicted molar refractivity (Wildman–Crippen MR) is 71.0 cm³/mol. The Morgan fingerprint density at radius 3 is 2.94 bits per heavy atom. The van der Waals surface area contributed by atoms with Crippen molar-refractivity contribution >= 4 is 5.69 Å². The third-order valence-electron chi connectivity index (χ3n) is 3.11. The number of fused-ring (bicyclic) bond motifs is 1. The normalized spacial score (nSPS) is 17.0. The van der Waals surface area contributed by atoms with E-state index < -0.39 is 0 Å². The van der Waals surface area contributed by atoms with Crippen LogP contribution in [0.4, 0.5) is 5.69 Å². The molecule has 0 saturated carbocycles. The molecule has 1 unspecified atom stereocenters. The number of para-hydroxylation sites is 1. The summed E-state index contributed by atoms with van der Waals surface area (Å²) >= 11 is 0. The average Bonchev–Trinajstić information content (AvgIpc) is 2.80. The molecular weight excluding hydrogens is 226 g/mol. The minimum absolute atomic E-state index is 0.294. The lowest BCUT2D eigenvalue weighted by Gasteiger charge is -2.11. The van der Waals surface area contributed by atoms with Crippen molar-refractivity contribution in [3.63, 3.8) is 0 Å². The van der Waals surface area contributed by atoms with Gasteiger partial charge in [0.05, 0.1) is 19.1 Å². The zero-order valence-corrected chi connectivity index (χ0v) is 10.0. The van der Waals surface area contributed by atoms with E-state index in [1.54, 1.807) is 0 Å². The van der Waals surface area contributed by atoms with Gasteiger partial charge >= 0.3 is 0 Å². The fourth-order valence-corrected chi connectivity index (χ4v) is 2.17. The number of anilines is 1. The molecule has 18 heavy (non-hydrogen) atoms. The Kier molecular flexibility index (Phi) is 2.81. The lowest BCUT2D eigenvalue weighted by atomic mass is 10.0. The van der Waals surface area contributed by atoms with Gasteiger partial charge < -0.3 is 15.2 Å². The number of benzene rings is 2. The summed E-state index contributed by atoms with van der Waals surface area (Å²) in [5.74, 6) is 2.07. The first-order chi connectivity index (χ1) is 8.83. The molecule has 0 aromatic heterocycles. The fourth-order valence-electron chi connectivity index (χ4n) is 2.17. The highest BCUT2D eigenvalue weighted by atomic mass is 16.5. The summed E-state index contributed by atoms with van der Waals surface area (Å²) < 4.78 is 11.4. The van der Waals surface area contributed by atoms with Crippen LogP contribution in [0.1, 0.15) is 11.5 Å². The molecule has 3 heteroatoms. The maximum atomic E-state index is 5.77. The SMILES string of the molecule is Nc1cccc(OCC2COc3ccccc32)c1. The van der Waals surface area contributed by atoms with E-state index in [-0.39, 0.29) is 0 Å². The predicted octanol–water partition coefficient (Wildman–Crippen LogP) is 2.82. The van der Waals surface area contributed by atoms with Gasteiger partial charge in [0.15, 0.2) is 0 Å². The van der Waals surface area contributed by atoms with Gasteiger partial charge in [0.2, 0.25) is 0 Å². The van der Waals surface area contributed by atoms with Gasteiger partial charge in [-0.05, 0) is 18.2 Å². The third kappa shape index (κ3) is 2.12. The Hall–Kier alpha value is -2.16. The largest absolute Gasteiger partial charge is 0.493 e. The summed E-state index contributed by atoms with van der Waals surface area (Å²) in [6, 6.07) is 15.6. The van der Waals surface area contributed by atoms with Gasteiger partial charge in [0.1, 0.15) is 11.5 Å². The van der Waals surface area contributed by atoms with Gasteiger partial charge in [-0.3, -0.25) is 0 Å². The van der Waals surface area contributed by atoms with E-state index in [1.807, 2.05) is 42.5 Å². The van der Waals surface area contributed by atoms with Crippen LogP contribution >= 0.6 is 0 Å². The Morgan fingerprint density at radius 1 is 1.17 bits per heavy atom. The van der Waals surface area contributed by atoms with Crippen LogP contribution in [0.2, 0.25) is 0 Å². The summed E-state index contributed by atoms with van der Waals surface area (Å²) in [6.45, 7) is 1.29. The van der Waals surface area contributed by atoms with Crippen molar-refractivity contribution in [2.45, 2.75) is 5.92 Å². The molecule has 3 rings (SSSR count). The van der Waals surface area contributed by atoms with Crippen molar-refractivity contribution in [2.24, 2.45) is 0 Å². The molecule has 1 atom stereocenters. The van der Waals surface area contributed by atoms with Gasteiger partial charge in [-0.15, -0.1) is 0 Å². The van der Waals surface area contributed by atoms with Crippen LogP contribution in [0.5, 0.6) is 11.5 Å². The number of nitrogen functional groups attached to an aromatic ring is 1. The van der Waals surface area contributed by atoms with Crippen LogP contribution in [0.15, 0.2) is 48.5 Å². The molecule has 0 amide bonds. The van der Waals surface area contributed by atoms with E-state index in [0.29, 0.717) is 19.1 Å². The van der Waals surface area contributed by atoms with Crippen molar-refractivity contribution < 1.29 is 9.47 Å². The minimum Gasteiger partial charge on any atom is -0.493 e. The Morgan fingerprint density at radius 2 is 2.06 bits per heavy atom. The Labute approximate surface area is 106 Å². The van der Waals surface area contributed by atoms with Crippen LogP contribution < -0.4 is 15.2 Å². The summed E-state index contributed by atoms with van der Waals surface area (Å²) in [4.78, 5) is 0. The molecule has 2 aromatic carbocycles. The third-order valence-corrected chi connectivity index (χ3v) is 3.11. The second-order valence-corrected chi connectivity index (χ2v) is 4.43. The summed E-state index contributed by atoms with van der Waals surface area (Å²) in [6.07, 6.45) is 0. The second-order valence-electron chi connectivity index (χ2n) is 4.43. The van der Waals surface area contributed by atoms with Crippen LogP contribution in [-0.4, -0.2) is 13.2 Å². The fraction of sp³-hybridized carbons (Fsp3) is 0.200. The minimum atomic E-state index is 0.294. The van der Waals surface area contributed by atoms with Gasteiger partial charge in [-0.2, -0.15) is 0 Å². The molecule has 0 fully saturated rings.